The van der Waals surface area contributed by atoms with E-state index >= 15 is 0 Å². The summed E-state index contributed by atoms with van der Waals surface area (Å²) in [5, 5.41) is 18.6. The van der Waals surface area contributed by atoms with Crippen molar-refractivity contribution >= 4 is 28.5 Å². The van der Waals surface area contributed by atoms with Crippen LogP contribution in [0.1, 0.15) is 24.5 Å². The molecule has 0 atom stereocenters. The molecule has 36 heavy (non-hydrogen) atoms. The van der Waals surface area contributed by atoms with E-state index in [1.54, 1.807) is 16.9 Å². The second-order valence-corrected chi connectivity index (χ2v) is 8.79. The van der Waals surface area contributed by atoms with Crippen LogP contribution in [0, 0.1) is 11.3 Å². The lowest BCUT2D eigenvalue weighted by molar-refractivity contribution is -0.112. The van der Waals surface area contributed by atoms with Gasteiger partial charge in [0.15, 0.2) is 0 Å². The number of pyridine rings is 2. The molecule has 4 aromatic rings. The zero-order chi connectivity index (χ0) is 25.2. The summed E-state index contributed by atoms with van der Waals surface area (Å²) in [5.74, 6) is 0.279. The first-order chi connectivity index (χ1) is 17.5. The highest BCUT2D eigenvalue weighted by Gasteiger charge is 2.23. The van der Waals surface area contributed by atoms with Gasteiger partial charge >= 0.3 is 0 Å². The van der Waals surface area contributed by atoms with Crippen molar-refractivity contribution in [3.05, 3.63) is 66.9 Å². The average Bonchev–Trinajstić information content (AvgIpc) is 3.55. The third-order valence-corrected chi connectivity index (χ3v) is 6.47. The van der Waals surface area contributed by atoms with E-state index in [-0.39, 0.29) is 5.57 Å². The van der Waals surface area contributed by atoms with Crippen LogP contribution in [0.15, 0.2) is 55.8 Å². The normalized spacial score (nSPS) is 13.7. The molecule has 182 valence electrons. The highest BCUT2D eigenvalue weighted by Crippen LogP contribution is 2.32. The molecule has 0 bridgehead atoms. The van der Waals surface area contributed by atoms with Crippen molar-refractivity contribution in [2.24, 2.45) is 5.73 Å². The summed E-state index contributed by atoms with van der Waals surface area (Å²) in [5.41, 5.74) is 10.5. The zero-order valence-electron chi connectivity index (χ0n) is 20.1. The first-order valence-corrected chi connectivity index (χ1v) is 11.9. The minimum atomic E-state index is -0.555. The molecule has 1 saturated heterocycles. The minimum absolute atomic E-state index is 0.247. The third kappa shape index (κ3) is 4.27. The number of carbonyl (C=O) groups is 1. The number of nitrogens with two attached hydrogens (primary N) is 1. The highest BCUT2D eigenvalue weighted by atomic mass is 16.1. The Balaban J connectivity index is 1.40. The Morgan fingerprint density at radius 3 is 2.53 bits per heavy atom. The van der Waals surface area contributed by atoms with Gasteiger partial charge in [-0.15, -0.1) is 0 Å². The molecule has 0 saturated carbocycles. The van der Waals surface area contributed by atoms with Crippen molar-refractivity contribution in [2.45, 2.75) is 19.9 Å². The molecule has 5 rings (SSSR count). The summed E-state index contributed by atoms with van der Waals surface area (Å²) in [6.07, 6.45) is 10.1. The molecule has 5 heterocycles. The third-order valence-electron chi connectivity index (χ3n) is 6.47. The Labute approximate surface area is 208 Å². The summed E-state index contributed by atoms with van der Waals surface area (Å²) in [7, 11) is 0. The molecule has 0 radical (unpaired) electrons. The second-order valence-electron chi connectivity index (χ2n) is 8.79. The molecule has 4 aromatic heterocycles. The highest BCUT2D eigenvalue weighted by molar-refractivity contribution is 6.17. The van der Waals surface area contributed by atoms with E-state index in [1.807, 2.05) is 35.4 Å². The van der Waals surface area contributed by atoms with Crippen LogP contribution >= 0.6 is 0 Å². The fourth-order valence-corrected chi connectivity index (χ4v) is 4.52. The minimum Gasteiger partial charge on any atom is -0.366 e. The molecule has 0 spiro atoms. The first-order valence-electron chi connectivity index (χ1n) is 11.9. The number of aryl methyl sites for hydroxylation is 1. The van der Waals surface area contributed by atoms with Crippen LogP contribution in [0.4, 0.5) is 11.5 Å². The quantitative estimate of drug-likeness (QED) is 0.403. The largest absolute Gasteiger partial charge is 0.366 e. The molecule has 1 amide bonds. The predicted molar refractivity (Wildman–Crippen MR) is 138 cm³/mol. The molecule has 10 heteroatoms. The summed E-state index contributed by atoms with van der Waals surface area (Å²) in [4.78, 5) is 20.4. The summed E-state index contributed by atoms with van der Waals surface area (Å²) >= 11 is 0. The van der Waals surface area contributed by atoms with Crippen LogP contribution < -0.4 is 15.5 Å². The van der Waals surface area contributed by atoms with Gasteiger partial charge in [0.2, 0.25) is 5.91 Å². The fourth-order valence-electron chi connectivity index (χ4n) is 4.52. The van der Waals surface area contributed by atoms with Gasteiger partial charge < -0.3 is 15.5 Å². The number of amides is 1. The first kappa shape index (κ1) is 23.1. The molecule has 1 aliphatic heterocycles. The standard InChI is InChI=1S/C26H27N9O/c1-3-6-34-16-22(15-30-34)20-11-23(25-21(12-27)14-31-35(25)17-20)32-7-9-33(10-8-32)24-5-4-19(13-29-24)18(2)26(28)36/h4-5,11,13-17H,2-3,6-10H2,1H3,(H2,28,36). The molecule has 10 nitrogen and oxygen atoms in total. The number of nitriles is 1. The molecule has 0 unspecified atom stereocenters. The lowest BCUT2D eigenvalue weighted by atomic mass is 10.1. The van der Waals surface area contributed by atoms with Gasteiger partial charge in [-0.25, -0.2) is 9.50 Å². The Bertz CT molecular complexity index is 1470. The zero-order valence-corrected chi connectivity index (χ0v) is 20.1. The van der Waals surface area contributed by atoms with Gasteiger partial charge in [-0.3, -0.25) is 9.48 Å². The van der Waals surface area contributed by atoms with E-state index in [9.17, 15) is 10.1 Å². The number of hydrogen-bond acceptors (Lipinski definition) is 7. The molecule has 0 aliphatic carbocycles. The smallest absolute Gasteiger partial charge is 0.248 e. The number of aromatic nitrogens is 5. The van der Waals surface area contributed by atoms with Crippen LogP contribution in [0.5, 0.6) is 0 Å². The van der Waals surface area contributed by atoms with Crippen LogP contribution in [-0.2, 0) is 11.3 Å². The number of primary amides is 1. The van der Waals surface area contributed by atoms with Crippen molar-refractivity contribution in [3.63, 3.8) is 0 Å². The van der Waals surface area contributed by atoms with Crippen LogP contribution in [-0.4, -0.2) is 56.5 Å². The second kappa shape index (κ2) is 9.54. The maximum absolute atomic E-state index is 11.4. The summed E-state index contributed by atoms with van der Waals surface area (Å²) in [6.45, 7) is 9.71. The number of fused-ring (bicyclic) bond motifs is 1. The van der Waals surface area contributed by atoms with Gasteiger partial charge in [0, 0.05) is 73.6 Å². The van der Waals surface area contributed by atoms with Gasteiger partial charge in [-0.1, -0.05) is 13.5 Å². The van der Waals surface area contributed by atoms with Crippen LogP contribution in [0.2, 0.25) is 0 Å². The maximum Gasteiger partial charge on any atom is 0.248 e. The number of nitrogens with zero attached hydrogens (tertiary/aromatic N) is 8. The van der Waals surface area contributed by atoms with Gasteiger partial charge in [-0.05, 0) is 24.6 Å². The van der Waals surface area contributed by atoms with Crippen LogP contribution in [0.3, 0.4) is 0 Å². The Kier molecular flexibility index (Phi) is 6.12. The van der Waals surface area contributed by atoms with Crippen LogP contribution in [0.25, 0.3) is 22.2 Å². The van der Waals surface area contributed by atoms with Crippen molar-refractivity contribution in [2.75, 3.05) is 36.0 Å². The average molecular weight is 482 g/mol. The maximum atomic E-state index is 11.4. The van der Waals surface area contributed by atoms with Crippen molar-refractivity contribution in [1.29, 1.82) is 5.26 Å². The topological polar surface area (TPSA) is 121 Å². The van der Waals surface area contributed by atoms with Gasteiger partial charge in [0.25, 0.3) is 0 Å². The SMILES string of the molecule is C=C(C(N)=O)c1ccc(N2CCN(c3cc(-c4cnn(CCC)c4)cn4ncc(C#N)c34)CC2)nc1. The van der Waals surface area contributed by atoms with E-state index in [2.05, 4.69) is 50.6 Å². The van der Waals surface area contributed by atoms with E-state index in [0.29, 0.717) is 11.1 Å². The van der Waals surface area contributed by atoms with E-state index in [0.717, 1.165) is 67.3 Å². The monoisotopic (exact) mass is 481 g/mol. The van der Waals surface area contributed by atoms with Gasteiger partial charge in [0.05, 0.1) is 23.6 Å². The van der Waals surface area contributed by atoms with E-state index in [1.165, 1.54) is 0 Å². The molecule has 0 aromatic carbocycles. The molecular weight excluding hydrogens is 454 g/mol. The Morgan fingerprint density at radius 1 is 1.08 bits per heavy atom. The van der Waals surface area contributed by atoms with Gasteiger partial charge in [-0.2, -0.15) is 15.5 Å². The van der Waals surface area contributed by atoms with Crippen molar-refractivity contribution < 1.29 is 4.79 Å². The van der Waals surface area contributed by atoms with E-state index in [4.69, 9.17) is 5.73 Å². The fraction of sp³-hybridized carbons (Fsp3) is 0.269. The lowest BCUT2D eigenvalue weighted by Crippen LogP contribution is -2.47. The number of rotatable bonds is 7. The molecule has 2 N–H and O–H groups in total. The van der Waals surface area contributed by atoms with Crippen molar-refractivity contribution in [1.82, 2.24) is 24.4 Å². The number of hydrogen-bond donors (Lipinski definition) is 1. The lowest BCUT2D eigenvalue weighted by Gasteiger charge is -2.37. The van der Waals surface area contributed by atoms with E-state index < -0.39 is 5.91 Å². The summed E-state index contributed by atoms with van der Waals surface area (Å²) in [6, 6.07) is 8.11. The molecule has 1 aliphatic rings. The number of anilines is 2. The van der Waals surface area contributed by atoms with Gasteiger partial charge in [0.1, 0.15) is 17.4 Å². The predicted octanol–water partition coefficient (Wildman–Crippen LogP) is 2.70. The molecule has 1 fully saturated rings. The Morgan fingerprint density at radius 2 is 1.86 bits per heavy atom. The Hall–Kier alpha value is -4.65. The van der Waals surface area contributed by atoms with Crippen molar-refractivity contribution in [3.8, 4) is 17.2 Å². The summed E-state index contributed by atoms with van der Waals surface area (Å²) < 4.78 is 3.73. The molecular formula is C26H27N9O. The number of carbonyl (C=O) groups excluding carboxylic acids is 1. The number of piperazine rings is 1.